The maximum Gasteiger partial charge on any atom is 0.341 e. The van der Waals surface area contributed by atoms with Crippen molar-refractivity contribution >= 4 is 5.97 Å². The summed E-state index contributed by atoms with van der Waals surface area (Å²) in [6, 6.07) is 7.77. The molecule has 0 aliphatic carbocycles. The minimum absolute atomic E-state index is 0.334. The van der Waals surface area contributed by atoms with Crippen molar-refractivity contribution in [2.45, 2.75) is 13.8 Å². The highest BCUT2D eigenvalue weighted by atomic mass is 16.5. The van der Waals surface area contributed by atoms with Crippen LogP contribution in [0.4, 0.5) is 0 Å². The Morgan fingerprint density at radius 1 is 1.33 bits per heavy atom. The summed E-state index contributed by atoms with van der Waals surface area (Å²) in [5, 5.41) is 0. The molecule has 4 heteroatoms. The number of rotatable bonds is 3. The van der Waals surface area contributed by atoms with E-state index < -0.39 is 5.97 Å². The van der Waals surface area contributed by atoms with E-state index in [1.807, 2.05) is 31.2 Å². The van der Waals surface area contributed by atoms with Crippen molar-refractivity contribution in [2.75, 3.05) is 6.61 Å². The van der Waals surface area contributed by atoms with Crippen LogP contribution in [0.15, 0.2) is 36.8 Å². The lowest BCUT2D eigenvalue weighted by atomic mass is 10.0. The molecule has 0 amide bonds. The molecule has 2 rings (SSSR count). The van der Waals surface area contributed by atoms with Gasteiger partial charge in [-0.25, -0.2) is 14.8 Å². The molecule has 0 spiro atoms. The van der Waals surface area contributed by atoms with E-state index in [1.54, 1.807) is 6.92 Å². The van der Waals surface area contributed by atoms with Crippen LogP contribution in [-0.2, 0) is 4.74 Å². The summed E-state index contributed by atoms with van der Waals surface area (Å²) >= 11 is 0. The molecular formula is C14H14N2O2. The van der Waals surface area contributed by atoms with Gasteiger partial charge in [-0.05, 0) is 19.4 Å². The lowest BCUT2D eigenvalue weighted by Gasteiger charge is -2.09. The van der Waals surface area contributed by atoms with Gasteiger partial charge in [-0.15, -0.1) is 0 Å². The van der Waals surface area contributed by atoms with Crippen molar-refractivity contribution in [1.29, 1.82) is 0 Å². The predicted octanol–water partition coefficient (Wildman–Crippen LogP) is 2.63. The van der Waals surface area contributed by atoms with Gasteiger partial charge in [-0.2, -0.15) is 0 Å². The standard InChI is InChI=1S/C14H14N2O2/c1-3-18-14(17)12-8-15-9-16-13(12)11-7-5-4-6-10(11)2/h4-9H,3H2,1-2H3. The van der Waals surface area contributed by atoms with Crippen LogP contribution >= 0.6 is 0 Å². The van der Waals surface area contributed by atoms with Crippen LogP contribution in [0.1, 0.15) is 22.8 Å². The molecule has 1 heterocycles. The number of carbonyl (C=O) groups is 1. The van der Waals surface area contributed by atoms with E-state index >= 15 is 0 Å². The van der Waals surface area contributed by atoms with Crippen molar-refractivity contribution in [1.82, 2.24) is 9.97 Å². The van der Waals surface area contributed by atoms with Crippen LogP contribution in [0.25, 0.3) is 11.3 Å². The highest BCUT2D eigenvalue weighted by Gasteiger charge is 2.16. The van der Waals surface area contributed by atoms with E-state index in [-0.39, 0.29) is 0 Å². The summed E-state index contributed by atoms with van der Waals surface area (Å²) < 4.78 is 5.01. The average Bonchev–Trinajstić information content (AvgIpc) is 2.40. The first kappa shape index (κ1) is 12.2. The first-order chi connectivity index (χ1) is 8.74. The third kappa shape index (κ3) is 2.37. The molecule has 0 aliphatic heterocycles. The lowest BCUT2D eigenvalue weighted by Crippen LogP contribution is -2.08. The number of hydrogen-bond donors (Lipinski definition) is 0. The Labute approximate surface area is 106 Å². The fraction of sp³-hybridized carbons (Fsp3) is 0.214. The number of aryl methyl sites for hydroxylation is 1. The second-order valence-corrected chi connectivity index (χ2v) is 3.82. The molecule has 0 N–H and O–H groups in total. The first-order valence-electron chi connectivity index (χ1n) is 5.77. The number of carbonyl (C=O) groups excluding carboxylic acids is 1. The second-order valence-electron chi connectivity index (χ2n) is 3.82. The van der Waals surface area contributed by atoms with E-state index in [4.69, 9.17) is 4.74 Å². The average molecular weight is 242 g/mol. The zero-order valence-electron chi connectivity index (χ0n) is 10.4. The van der Waals surface area contributed by atoms with E-state index in [0.717, 1.165) is 11.1 Å². The van der Waals surface area contributed by atoms with Gasteiger partial charge < -0.3 is 4.74 Å². The molecule has 18 heavy (non-hydrogen) atoms. The summed E-state index contributed by atoms with van der Waals surface area (Å²) in [5.74, 6) is -0.392. The van der Waals surface area contributed by atoms with Gasteiger partial charge in [0.2, 0.25) is 0 Å². The normalized spacial score (nSPS) is 10.1. The molecule has 0 radical (unpaired) electrons. The molecule has 0 bridgehead atoms. The van der Waals surface area contributed by atoms with E-state index in [0.29, 0.717) is 17.9 Å². The SMILES string of the molecule is CCOC(=O)c1cncnc1-c1ccccc1C. The molecule has 0 unspecified atom stereocenters. The van der Waals surface area contributed by atoms with E-state index in [9.17, 15) is 4.79 Å². The molecular weight excluding hydrogens is 228 g/mol. The maximum absolute atomic E-state index is 11.8. The third-order valence-electron chi connectivity index (χ3n) is 2.61. The number of esters is 1. The van der Waals surface area contributed by atoms with Gasteiger partial charge in [-0.1, -0.05) is 24.3 Å². The molecule has 0 aliphatic rings. The largest absolute Gasteiger partial charge is 0.462 e. The molecule has 1 aromatic heterocycles. The third-order valence-corrected chi connectivity index (χ3v) is 2.61. The van der Waals surface area contributed by atoms with E-state index in [2.05, 4.69) is 9.97 Å². The van der Waals surface area contributed by atoms with Crippen LogP contribution < -0.4 is 0 Å². The quantitative estimate of drug-likeness (QED) is 0.776. The molecule has 0 saturated heterocycles. The topological polar surface area (TPSA) is 52.1 Å². The molecule has 0 fully saturated rings. The fourth-order valence-electron chi connectivity index (χ4n) is 1.74. The van der Waals surface area contributed by atoms with Crippen LogP contribution in [0.2, 0.25) is 0 Å². The number of aromatic nitrogens is 2. The molecule has 4 nitrogen and oxygen atoms in total. The highest BCUT2D eigenvalue weighted by Crippen LogP contribution is 2.24. The van der Waals surface area contributed by atoms with Crippen molar-refractivity contribution in [3.05, 3.63) is 47.9 Å². The van der Waals surface area contributed by atoms with Gasteiger partial charge in [0, 0.05) is 11.8 Å². The maximum atomic E-state index is 11.8. The molecule has 2 aromatic rings. The Balaban J connectivity index is 2.52. The summed E-state index contributed by atoms with van der Waals surface area (Å²) in [6.45, 7) is 4.09. The Bertz CT molecular complexity index is 567. The molecule has 0 saturated carbocycles. The smallest absolute Gasteiger partial charge is 0.341 e. The van der Waals surface area contributed by atoms with Gasteiger partial charge in [-0.3, -0.25) is 0 Å². The Hall–Kier alpha value is -2.23. The Morgan fingerprint density at radius 2 is 2.11 bits per heavy atom. The summed E-state index contributed by atoms with van der Waals surface area (Å²) in [4.78, 5) is 19.9. The summed E-state index contributed by atoms with van der Waals surface area (Å²) in [7, 11) is 0. The van der Waals surface area contributed by atoms with Crippen molar-refractivity contribution < 1.29 is 9.53 Å². The number of nitrogens with zero attached hydrogens (tertiary/aromatic N) is 2. The first-order valence-corrected chi connectivity index (χ1v) is 5.77. The highest BCUT2D eigenvalue weighted by molar-refractivity contribution is 5.96. The minimum Gasteiger partial charge on any atom is -0.462 e. The summed E-state index contributed by atoms with van der Waals surface area (Å²) in [5.41, 5.74) is 2.99. The van der Waals surface area contributed by atoms with Gasteiger partial charge in [0.1, 0.15) is 11.9 Å². The fourth-order valence-corrected chi connectivity index (χ4v) is 1.74. The Morgan fingerprint density at radius 3 is 2.83 bits per heavy atom. The Kier molecular flexibility index (Phi) is 3.67. The van der Waals surface area contributed by atoms with Crippen molar-refractivity contribution in [3.63, 3.8) is 0 Å². The van der Waals surface area contributed by atoms with Crippen molar-refractivity contribution in [3.8, 4) is 11.3 Å². The van der Waals surface area contributed by atoms with Gasteiger partial charge in [0.25, 0.3) is 0 Å². The number of hydrogen-bond acceptors (Lipinski definition) is 4. The van der Waals surface area contributed by atoms with Gasteiger partial charge in [0.05, 0.1) is 12.3 Å². The van der Waals surface area contributed by atoms with E-state index in [1.165, 1.54) is 12.5 Å². The van der Waals surface area contributed by atoms with Crippen LogP contribution in [0.5, 0.6) is 0 Å². The predicted molar refractivity (Wildman–Crippen MR) is 68.2 cm³/mol. The van der Waals surface area contributed by atoms with Crippen LogP contribution in [0.3, 0.4) is 0 Å². The zero-order chi connectivity index (χ0) is 13.0. The molecule has 1 aromatic carbocycles. The van der Waals surface area contributed by atoms with Crippen LogP contribution in [-0.4, -0.2) is 22.5 Å². The molecule has 0 atom stereocenters. The van der Waals surface area contributed by atoms with Gasteiger partial charge >= 0.3 is 5.97 Å². The zero-order valence-corrected chi connectivity index (χ0v) is 10.4. The second kappa shape index (κ2) is 5.40. The minimum atomic E-state index is -0.392. The summed E-state index contributed by atoms with van der Waals surface area (Å²) in [6.07, 6.45) is 2.93. The monoisotopic (exact) mass is 242 g/mol. The van der Waals surface area contributed by atoms with Crippen LogP contribution in [0, 0.1) is 6.92 Å². The number of benzene rings is 1. The lowest BCUT2D eigenvalue weighted by molar-refractivity contribution is 0.0526. The van der Waals surface area contributed by atoms with Crippen molar-refractivity contribution in [2.24, 2.45) is 0 Å². The van der Waals surface area contributed by atoms with Gasteiger partial charge in [0.15, 0.2) is 0 Å². The number of ether oxygens (including phenoxy) is 1. The molecule has 92 valence electrons.